The van der Waals surface area contributed by atoms with Crippen LogP contribution < -0.4 is 10.6 Å². The Bertz CT molecular complexity index is 1050. The zero-order valence-corrected chi connectivity index (χ0v) is 14.9. The monoisotopic (exact) mass is 355 g/mol. The van der Waals surface area contributed by atoms with Gasteiger partial charge in [-0.05, 0) is 36.5 Å². The molecule has 27 heavy (non-hydrogen) atoms. The molecule has 4 rings (SSSR count). The van der Waals surface area contributed by atoms with Crippen LogP contribution in [-0.2, 0) is 10.2 Å². The highest BCUT2D eigenvalue weighted by Gasteiger charge is 2.71. The van der Waals surface area contributed by atoms with Crippen LogP contribution in [0.1, 0.15) is 24.8 Å². The molecule has 1 spiro atoms. The average molecular weight is 355 g/mol. The lowest BCUT2D eigenvalue weighted by Gasteiger charge is -2.49. The molecule has 1 heterocycles. The van der Waals surface area contributed by atoms with E-state index >= 15 is 0 Å². The van der Waals surface area contributed by atoms with Gasteiger partial charge in [-0.25, -0.2) is 0 Å². The van der Waals surface area contributed by atoms with Gasteiger partial charge >= 0.3 is 0 Å². The number of fused-ring (bicyclic) bond motifs is 4. The Morgan fingerprint density at radius 3 is 2.59 bits per heavy atom. The summed E-state index contributed by atoms with van der Waals surface area (Å²) in [6, 6.07) is 13.5. The van der Waals surface area contributed by atoms with Crippen molar-refractivity contribution in [2.75, 3.05) is 11.9 Å². The lowest BCUT2D eigenvalue weighted by molar-refractivity contribution is -0.127. The first-order valence-corrected chi connectivity index (χ1v) is 8.82. The Hall–Kier alpha value is -3.56. The van der Waals surface area contributed by atoms with Crippen LogP contribution in [0.5, 0.6) is 0 Å². The van der Waals surface area contributed by atoms with Crippen LogP contribution in [0.2, 0.25) is 0 Å². The summed E-state index contributed by atoms with van der Waals surface area (Å²) in [5, 5.41) is 30.1. The zero-order chi connectivity index (χ0) is 19.4. The van der Waals surface area contributed by atoms with Crippen molar-refractivity contribution in [1.82, 2.24) is 0 Å². The van der Waals surface area contributed by atoms with E-state index in [1.165, 1.54) is 4.90 Å². The number of para-hydroxylation sites is 1. The van der Waals surface area contributed by atoms with Crippen molar-refractivity contribution in [3.05, 3.63) is 52.7 Å². The molecule has 1 aromatic rings. The molecule has 2 N–H and O–H groups in total. The van der Waals surface area contributed by atoms with Gasteiger partial charge in [0, 0.05) is 18.7 Å². The van der Waals surface area contributed by atoms with Crippen LogP contribution in [0, 0.1) is 45.3 Å². The number of benzene rings is 1. The predicted molar refractivity (Wildman–Crippen MR) is 97.4 cm³/mol. The molecule has 0 fully saturated rings. The Morgan fingerprint density at radius 2 is 1.93 bits per heavy atom. The Balaban J connectivity index is 2.22. The van der Waals surface area contributed by atoms with Gasteiger partial charge in [-0.2, -0.15) is 15.8 Å². The minimum absolute atomic E-state index is 0.113. The van der Waals surface area contributed by atoms with E-state index < -0.39 is 16.7 Å². The molecule has 1 aliphatic heterocycles. The smallest absolute Gasteiger partial charge is 0.241 e. The van der Waals surface area contributed by atoms with E-state index in [2.05, 4.69) is 18.2 Å². The van der Waals surface area contributed by atoms with Crippen LogP contribution in [0.25, 0.3) is 0 Å². The van der Waals surface area contributed by atoms with Crippen molar-refractivity contribution in [3.8, 4) is 18.2 Å². The van der Waals surface area contributed by atoms with Gasteiger partial charge in [-0.3, -0.25) is 4.79 Å². The van der Waals surface area contributed by atoms with Crippen molar-refractivity contribution >= 4 is 11.6 Å². The number of likely N-dealkylation sites (N-methyl/N-ethyl adjacent to an activating group) is 1. The van der Waals surface area contributed by atoms with Crippen LogP contribution >= 0.6 is 0 Å². The third-order valence-corrected chi connectivity index (χ3v) is 6.29. The van der Waals surface area contributed by atoms with E-state index in [-0.39, 0.29) is 17.2 Å². The molecular weight excluding hydrogens is 338 g/mol. The molecule has 0 bridgehead atoms. The number of anilines is 1. The molecule has 2 aliphatic carbocycles. The fraction of sp³-hybridized carbons (Fsp3) is 0.333. The average Bonchev–Trinajstić information content (AvgIpc) is 2.93. The second-order valence-electron chi connectivity index (χ2n) is 7.21. The van der Waals surface area contributed by atoms with Crippen molar-refractivity contribution < 1.29 is 4.79 Å². The number of nitrogens with two attached hydrogens (primary N) is 1. The molecule has 0 saturated carbocycles. The highest BCUT2D eigenvalue weighted by Crippen LogP contribution is 2.64. The molecule has 2 atom stereocenters. The Kier molecular flexibility index (Phi) is 3.42. The highest BCUT2D eigenvalue weighted by molar-refractivity contribution is 6.10. The van der Waals surface area contributed by atoms with Crippen LogP contribution in [0.4, 0.5) is 5.69 Å². The molecule has 1 amide bonds. The van der Waals surface area contributed by atoms with Crippen LogP contribution in [0.3, 0.4) is 0 Å². The molecule has 0 unspecified atom stereocenters. The molecule has 6 nitrogen and oxygen atoms in total. The van der Waals surface area contributed by atoms with Gasteiger partial charge in [0.25, 0.3) is 0 Å². The SMILES string of the molecule is CN1C(=O)[C@]2(c3ccccc31)[C@@H]1CCCC=C1C(C#N)=C(N)C2(C#N)C#N. The lowest BCUT2D eigenvalue weighted by Crippen LogP contribution is -2.61. The largest absolute Gasteiger partial charge is 0.399 e. The summed E-state index contributed by atoms with van der Waals surface area (Å²) < 4.78 is 0. The standard InChI is InChI=1S/C21H17N5O/c1-26-17-9-5-4-8-16(17)21(19(26)27)15-7-3-2-6-13(15)14(10-22)18(25)20(21,11-23)12-24/h4-6,8-9,15H,2-3,7,25H2,1H3/t15-,21-/m1/s1. The van der Waals surface area contributed by atoms with E-state index in [4.69, 9.17) is 5.73 Å². The van der Waals surface area contributed by atoms with Gasteiger partial charge in [-0.15, -0.1) is 0 Å². The summed E-state index contributed by atoms with van der Waals surface area (Å²) in [6.45, 7) is 0. The van der Waals surface area contributed by atoms with E-state index in [9.17, 15) is 20.6 Å². The van der Waals surface area contributed by atoms with Gasteiger partial charge < -0.3 is 10.6 Å². The number of allylic oxidation sites excluding steroid dienone is 4. The maximum Gasteiger partial charge on any atom is 0.241 e. The normalized spacial score (nSPS) is 27.9. The quantitative estimate of drug-likeness (QED) is 0.766. The fourth-order valence-electron chi connectivity index (χ4n) is 5.15. The highest BCUT2D eigenvalue weighted by atomic mass is 16.2. The first-order valence-electron chi connectivity index (χ1n) is 8.82. The summed E-state index contributed by atoms with van der Waals surface area (Å²) >= 11 is 0. The number of hydrogen-bond acceptors (Lipinski definition) is 5. The number of nitrogens with zero attached hydrogens (tertiary/aromatic N) is 4. The molecule has 132 valence electrons. The minimum Gasteiger partial charge on any atom is -0.399 e. The van der Waals surface area contributed by atoms with Crippen LogP contribution in [-0.4, -0.2) is 13.0 Å². The molecule has 3 aliphatic rings. The van der Waals surface area contributed by atoms with E-state index in [0.29, 0.717) is 23.2 Å². The first kappa shape index (κ1) is 16.9. The number of nitriles is 3. The molecule has 1 aromatic carbocycles. The van der Waals surface area contributed by atoms with Gasteiger partial charge in [-0.1, -0.05) is 24.3 Å². The predicted octanol–water partition coefficient (Wildman–Crippen LogP) is 2.41. The van der Waals surface area contributed by atoms with Crippen LogP contribution in [0.15, 0.2) is 47.2 Å². The Morgan fingerprint density at radius 1 is 1.22 bits per heavy atom. The van der Waals surface area contributed by atoms with E-state index in [1.807, 2.05) is 18.2 Å². The van der Waals surface area contributed by atoms with Gasteiger partial charge in [0.1, 0.15) is 11.5 Å². The Labute approximate surface area is 157 Å². The van der Waals surface area contributed by atoms with Gasteiger partial charge in [0.2, 0.25) is 11.3 Å². The topological polar surface area (TPSA) is 118 Å². The third-order valence-electron chi connectivity index (χ3n) is 6.29. The fourth-order valence-corrected chi connectivity index (χ4v) is 5.15. The number of amides is 1. The van der Waals surface area contributed by atoms with Gasteiger partial charge in [0.15, 0.2) is 0 Å². The second-order valence-corrected chi connectivity index (χ2v) is 7.21. The lowest BCUT2D eigenvalue weighted by atomic mass is 9.47. The molecule has 6 heteroatoms. The summed E-state index contributed by atoms with van der Waals surface area (Å²) in [4.78, 5) is 15.2. The third kappa shape index (κ3) is 1.65. The number of carbonyl (C=O) groups is 1. The van der Waals surface area contributed by atoms with Crippen molar-refractivity contribution in [1.29, 1.82) is 15.8 Å². The maximum absolute atomic E-state index is 13.7. The summed E-state index contributed by atoms with van der Waals surface area (Å²) in [5.74, 6) is -0.754. The summed E-state index contributed by atoms with van der Waals surface area (Å²) in [7, 11) is 1.65. The van der Waals surface area contributed by atoms with Crippen molar-refractivity contribution in [3.63, 3.8) is 0 Å². The summed E-state index contributed by atoms with van der Waals surface area (Å²) in [6.07, 6.45) is 4.15. The van der Waals surface area contributed by atoms with E-state index in [0.717, 1.165) is 12.8 Å². The number of hydrogen-bond donors (Lipinski definition) is 1. The van der Waals surface area contributed by atoms with E-state index in [1.54, 1.807) is 19.2 Å². The van der Waals surface area contributed by atoms with Crippen molar-refractivity contribution in [2.24, 2.45) is 17.1 Å². The van der Waals surface area contributed by atoms with Gasteiger partial charge in [0.05, 0.1) is 23.4 Å². The first-order chi connectivity index (χ1) is 13.0. The zero-order valence-electron chi connectivity index (χ0n) is 14.9. The second kappa shape index (κ2) is 5.47. The molecule has 0 aromatic heterocycles. The minimum atomic E-state index is -1.94. The number of carbonyl (C=O) groups excluding carboxylic acids is 1. The molecule has 0 saturated heterocycles. The maximum atomic E-state index is 13.7. The molecular formula is C21H17N5O. The number of rotatable bonds is 0. The molecule has 0 radical (unpaired) electrons. The summed E-state index contributed by atoms with van der Waals surface area (Å²) in [5.41, 5.74) is 5.01. The van der Waals surface area contributed by atoms with Crippen molar-refractivity contribution in [2.45, 2.75) is 24.7 Å².